The molecule has 8 atom stereocenters. The van der Waals surface area contributed by atoms with Crippen LogP contribution in [0.2, 0.25) is 0 Å². The highest BCUT2D eigenvalue weighted by Gasteiger charge is 2.43. The fourth-order valence-corrected chi connectivity index (χ4v) is 9.14. The Balaban J connectivity index is 1.04. The summed E-state index contributed by atoms with van der Waals surface area (Å²) in [5.74, 6) is 1.99. The number of aromatic amines is 2. The molecule has 5 aromatic rings. The first-order valence-electron chi connectivity index (χ1n) is 21.0. The van der Waals surface area contributed by atoms with E-state index in [2.05, 4.69) is 64.8 Å². The van der Waals surface area contributed by atoms with E-state index in [0.717, 1.165) is 55.5 Å². The quantitative estimate of drug-likeness (QED) is 0.121. The lowest BCUT2D eigenvalue weighted by molar-refractivity contribution is -0.138. The Kier molecular flexibility index (Phi) is 11.8. The number of hydrogen-bond acceptors (Lipinski definition) is 11. The van der Waals surface area contributed by atoms with E-state index in [0.29, 0.717) is 44.2 Å². The molecule has 0 radical (unpaired) electrons. The van der Waals surface area contributed by atoms with Gasteiger partial charge in [0.2, 0.25) is 11.8 Å². The summed E-state index contributed by atoms with van der Waals surface area (Å²) in [5, 5.41) is 7.22. The van der Waals surface area contributed by atoms with E-state index < -0.39 is 36.5 Å². The predicted octanol–water partition coefficient (Wildman–Crippen LogP) is 6.00. The number of imidazole rings is 2. The monoisotopic (exact) mass is 850 g/mol. The Morgan fingerprint density at radius 2 is 1.39 bits per heavy atom. The first kappa shape index (κ1) is 42.5. The van der Waals surface area contributed by atoms with Gasteiger partial charge < -0.3 is 54.1 Å². The highest BCUT2D eigenvalue weighted by Crippen LogP contribution is 2.44. The van der Waals surface area contributed by atoms with E-state index >= 15 is 0 Å². The van der Waals surface area contributed by atoms with E-state index in [1.165, 1.54) is 28.4 Å². The molecule has 62 heavy (non-hydrogen) atoms. The van der Waals surface area contributed by atoms with Crippen LogP contribution in [0, 0.1) is 11.8 Å². The van der Waals surface area contributed by atoms with Crippen LogP contribution in [0.25, 0.3) is 44.2 Å². The molecule has 0 saturated carbocycles. The van der Waals surface area contributed by atoms with E-state index in [-0.39, 0.29) is 35.7 Å². The number of alkyl carbamates (subject to hydrolysis) is 2. The van der Waals surface area contributed by atoms with Gasteiger partial charge in [-0.05, 0) is 84.9 Å². The number of hydrogen-bond donors (Lipinski definition) is 4. The summed E-state index contributed by atoms with van der Waals surface area (Å²) >= 11 is 0. The smallest absolute Gasteiger partial charge is 0.407 e. The maximum absolute atomic E-state index is 14.0. The lowest BCUT2D eigenvalue weighted by Crippen LogP contribution is -2.54. The number of nitrogens with one attached hydrogen (secondary N) is 4. The maximum atomic E-state index is 14.0. The third-order valence-corrected chi connectivity index (χ3v) is 12.6. The highest BCUT2D eigenvalue weighted by atomic mass is 16.5. The average Bonchev–Trinajstić information content (AvgIpc) is 4.11. The summed E-state index contributed by atoms with van der Waals surface area (Å²) in [7, 11) is 5.52. The van der Waals surface area contributed by atoms with Gasteiger partial charge in [0.1, 0.15) is 36.1 Å². The topological polar surface area (TPSA) is 202 Å². The number of carbonyl (C=O) groups excluding carboxylic acids is 4. The molecule has 3 aliphatic heterocycles. The van der Waals surface area contributed by atoms with Crippen LogP contribution in [0.5, 0.6) is 5.75 Å². The molecule has 0 aliphatic carbocycles. The molecule has 4 N–H and O–H groups in total. The molecule has 0 spiro atoms. The zero-order valence-corrected chi connectivity index (χ0v) is 36.2. The minimum atomic E-state index is -0.933. The third kappa shape index (κ3) is 7.90. The number of likely N-dealkylation sites (tertiary alicyclic amines) is 2. The van der Waals surface area contributed by atoms with E-state index in [4.69, 9.17) is 33.7 Å². The van der Waals surface area contributed by atoms with Gasteiger partial charge in [-0.1, -0.05) is 32.0 Å². The zero-order chi connectivity index (χ0) is 44.0. The molecular formula is C45H54N8O9. The highest BCUT2D eigenvalue weighted by molar-refractivity contribution is 6.07. The summed E-state index contributed by atoms with van der Waals surface area (Å²) < 4.78 is 26.9. The first-order chi connectivity index (χ1) is 29.8. The summed E-state index contributed by atoms with van der Waals surface area (Å²) in [6.45, 7) is 9.04. The molecule has 17 nitrogen and oxygen atoms in total. The average molecular weight is 851 g/mol. The third-order valence-electron chi connectivity index (χ3n) is 12.6. The molecule has 0 unspecified atom stereocenters. The van der Waals surface area contributed by atoms with Crippen LogP contribution in [0.15, 0.2) is 48.7 Å². The van der Waals surface area contributed by atoms with Crippen molar-refractivity contribution in [2.75, 3.05) is 41.5 Å². The number of methoxy groups -OCH3 is 4. The van der Waals surface area contributed by atoms with Gasteiger partial charge in [-0.15, -0.1) is 0 Å². The second kappa shape index (κ2) is 17.3. The van der Waals surface area contributed by atoms with E-state index in [1.54, 1.807) is 29.8 Å². The van der Waals surface area contributed by atoms with Crippen LogP contribution in [-0.2, 0) is 35.1 Å². The molecule has 2 aromatic heterocycles. The van der Waals surface area contributed by atoms with Crippen molar-refractivity contribution < 1.29 is 42.9 Å². The van der Waals surface area contributed by atoms with E-state index in [9.17, 15) is 19.2 Å². The molecule has 4 amide bonds. The number of carbonyl (C=O) groups is 4. The summed E-state index contributed by atoms with van der Waals surface area (Å²) in [6.07, 6.45) is 0.634. The Bertz CT molecular complexity index is 2520. The molecule has 328 valence electrons. The van der Waals surface area contributed by atoms with Gasteiger partial charge in [0.25, 0.3) is 0 Å². The SMILES string of the molecule is COC(=O)N[C@H](C(=O)N1C[C@@H](C)C[C@H]1c1ncc(-c2ccc3c(c2)COc2cc4c(ccc5[nH]c([C@@H]6C[C@H](C)CN6C(=O)[C@@H](NC(=O)OC)[C@@H](C)OC)nc54)cc2-3)[nH]1)[C@@H](C)OC. The predicted molar refractivity (Wildman–Crippen MR) is 229 cm³/mol. The van der Waals surface area contributed by atoms with Crippen LogP contribution < -0.4 is 15.4 Å². The van der Waals surface area contributed by atoms with E-state index in [1.807, 2.05) is 12.1 Å². The lowest BCUT2D eigenvalue weighted by atomic mass is 9.92. The molecule has 0 bridgehead atoms. The normalized spacial score (nSPS) is 21.4. The summed E-state index contributed by atoms with van der Waals surface area (Å²) in [5.41, 5.74) is 6.42. The van der Waals surface area contributed by atoms with Gasteiger partial charge in [-0.25, -0.2) is 19.6 Å². The van der Waals surface area contributed by atoms with Crippen molar-refractivity contribution in [2.45, 2.75) is 83.5 Å². The Hall–Kier alpha value is -6.20. The van der Waals surface area contributed by atoms with Crippen molar-refractivity contribution >= 4 is 45.8 Å². The van der Waals surface area contributed by atoms with Gasteiger partial charge in [0.15, 0.2) is 0 Å². The van der Waals surface area contributed by atoms with Gasteiger partial charge in [-0.3, -0.25) is 9.59 Å². The molecule has 2 saturated heterocycles. The van der Waals surface area contributed by atoms with Crippen molar-refractivity contribution in [2.24, 2.45) is 11.8 Å². The summed E-state index contributed by atoms with van der Waals surface area (Å²) in [6, 6.07) is 12.0. The molecule has 8 rings (SSSR count). The number of aromatic nitrogens is 4. The Labute approximate surface area is 359 Å². The first-order valence-corrected chi connectivity index (χ1v) is 21.0. The molecule has 17 heteroatoms. The number of nitrogens with zero attached hydrogens (tertiary/aromatic N) is 4. The van der Waals surface area contributed by atoms with Crippen molar-refractivity contribution in [3.05, 3.63) is 65.9 Å². The fraction of sp³-hybridized carbons (Fsp3) is 0.467. The molecule has 3 aliphatic rings. The fourth-order valence-electron chi connectivity index (χ4n) is 9.14. The van der Waals surface area contributed by atoms with Gasteiger partial charge in [0, 0.05) is 38.3 Å². The van der Waals surface area contributed by atoms with Crippen molar-refractivity contribution in [3.63, 3.8) is 0 Å². The minimum Gasteiger partial charge on any atom is -0.488 e. The van der Waals surface area contributed by atoms with Crippen LogP contribution in [0.1, 0.15) is 69.8 Å². The van der Waals surface area contributed by atoms with Gasteiger partial charge in [0.05, 0.1) is 61.4 Å². The Morgan fingerprint density at radius 3 is 1.98 bits per heavy atom. The number of benzene rings is 3. The van der Waals surface area contributed by atoms with Crippen molar-refractivity contribution in [1.82, 2.24) is 40.4 Å². The molecule has 2 fully saturated rings. The number of ether oxygens (including phenoxy) is 5. The zero-order valence-electron chi connectivity index (χ0n) is 36.2. The lowest BCUT2D eigenvalue weighted by Gasteiger charge is -2.30. The standard InChI is InChI=1S/C45H54N8O9/c1-22-13-34(52(19-22)42(54)37(24(3)58-5)50-44(56)60-7)40-46-18-33(48-40)27-9-11-29-28(15-27)21-62-36-17-30-26(16-31(29)36)10-12-32-39(30)49-41(47-32)35-14-23(2)20-53(35)43(55)38(25(4)59-6)51-45(57)61-8/h9-12,15-18,22-25,34-35,37-38H,13-14,19-21H2,1-8H3,(H,46,48)(H,47,49)(H,50,56)(H,51,57)/t22-,23-,24+,25+,34-,35-,37-,38-/m0/s1. The minimum absolute atomic E-state index is 0.209. The van der Waals surface area contributed by atoms with Crippen molar-refractivity contribution in [3.8, 4) is 28.1 Å². The molecule has 5 heterocycles. The van der Waals surface area contributed by atoms with Gasteiger partial charge >= 0.3 is 12.2 Å². The number of rotatable bonds is 11. The van der Waals surface area contributed by atoms with Crippen LogP contribution in [-0.4, -0.2) is 120 Å². The summed E-state index contributed by atoms with van der Waals surface area (Å²) in [4.78, 5) is 72.6. The maximum Gasteiger partial charge on any atom is 0.407 e. The van der Waals surface area contributed by atoms with Crippen LogP contribution in [0.4, 0.5) is 9.59 Å². The van der Waals surface area contributed by atoms with Crippen LogP contribution >= 0.6 is 0 Å². The number of H-pyrrole nitrogens is 2. The second-order valence-corrected chi connectivity index (χ2v) is 16.8. The van der Waals surface area contributed by atoms with Crippen LogP contribution in [0.3, 0.4) is 0 Å². The number of fused-ring (bicyclic) bond motifs is 6. The molecular weight excluding hydrogens is 797 g/mol. The second-order valence-electron chi connectivity index (χ2n) is 16.8. The molecule has 3 aromatic carbocycles. The largest absolute Gasteiger partial charge is 0.488 e. The van der Waals surface area contributed by atoms with Crippen molar-refractivity contribution in [1.29, 1.82) is 0 Å². The Morgan fingerprint density at radius 1 is 0.774 bits per heavy atom. The number of amides is 4. The van der Waals surface area contributed by atoms with Gasteiger partial charge in [-0.2, -0.15) is 0 Å².